The second-order valence-electron chi connectivity index (χ2n) is 11.4. The van der Waals surface area contributed by atoms with Crippen LogP contribution in [-0.4, -0.2) is 56.8 Å². The molecule has 0 aliphatic heterocycles. The summed E-state index contributed by atoms with van der Waals surface area (Å²) < 4.78 is 17.1. The highest BCUT2D eigenvalue weighted by Gasteiger charge is 2.30. The molecule has 2 aromatic carbocycles. The lowest BCUT2D eigenvalue weighted by atomic mass is 9.95. The lowest BCUT2D eigenvalue weighted by Crippen LogP contribution is -2.41. The molecule has 44 heavy (non-hydrogen) atoms. The third kappa shape index (κ3) is 8.64. The van der Waals surface area contributed by atoms with Gasteiger partial charge >= 0.3 is 5.97 Å². The van der Waals surface area contributed by atoms with Crippen LogP contribution in [0.1, 0.15) is 76.5 Å². The van der Waals surface area contributed by atoms with Crippen LogP contribution in [0.25, 0.3) is 11.1 Å². The minimum atomic E-state index is -0.832. The summed E-state index contributed by atoms with van der Waals surface area (Å²) in [4.78, 5) is 49.9. The van der Waals surface area contributed by atoms with Crippen molar-refractivity contribution in [2.24, 2.45) is 5.92 Å². The van der Waals surface area contributed by atoms with Gasteiger partial charge in [-0.1, -0.05) is 26.3 Å². The van der Waals surface area contributed by atoms with E-state index in [0.29, 0.717) is 73.4 Å². The molecule has 0 spiro atoms. The first-order valence-corrected chi connectivity index (χ1v) is 15.0. The number of rotatable bonds is 15. The number of carbonyl (C=O) groups is 3. The lowest BCUT2D eigenvalue weighted by molar-refractivity contribution is -0.137. The summed E-state index contributed by atoms with van der Waals surface area (Å²) in [6.07, 6.45) is 3.62. The first-order chi connectivity index (χ1) is 21.0. The van der Waals surface area contributed by atoms with Gasteiger partial charge in [0.25, 0.3) is 0 Å². The highest BCUT2D eigenvalue weighted by Crippen LogP contribution is 2.50. The van der Waals surface area contributed by atoms with E-state index in [1.165, 1.54) is 20.1 Å². The highest BCUT2D eigenvalue weighted by atomic mass is 16.5. The summed E-state index contributed by atoms with van der Waals surface area (Å²) in [5.41, 5.74) is 2.93. The fourth-order valence-corrected chi connectivity index (χ4v) is 5.63. The Hall–Kier alpha value is -4.28. The minimum absolute atomic E-state index is 0.103. The lowest BCUT2D eigenvalue weighted by Gasteiger charge is -2.20. The molecule has 0 radical (unpaired) electrons. The van der Waals surface area contributed by atoms with Gasteiger partial charge in [-0.25, -0.2) is 0 Å². The number of carbonyl (C=O) groups excluding carboxylic acids is 2. The van der Waals surface area contributed by atoms with E-state index in [9.17, 15) is 19.2 Å². The summed E-state index contributed by atoms with van der Waals surface area (Å²) in [6.45, 7) is 5.86. The number of ether oxygens (including phenoxy) is 3. The average molecular weight is 612 g/mol. The first-order valence-electron chi connectivity index (χ1n) is 15.0. The maximum Gasteiger partial charge on any atom is 0.303 e. The molecular weight excluding hydrogens is 566 g/mol. The number of nitrogens with one attached hydrogen (secondary N) is 3. The molecular formula is C33H45N3O8. The molecule has 2 amide bonds. The first kappa shape index (κ1) is 34.2. The molecule has 0 bridgehead atoms. The van der Waals surface area contributed by atoms with Crippen LogP contribution in [0.2, 0.25) is 0 Å². The molecule has 2 atom stereocenters. The molecule has 1 aliphatic carbocycles. The van der Waals surface area contributed by atoms with E-state index in [2.05, 4.69) is 16.0 Å². The number of hydrogen-bond acceptors (Lipinski definition) is 8. The Balaban J connectivity index is 2.04. The van der Waals surface area contributed by atoms with E-state index in [1.54, 1.807) is 20.3 Å². The minimum Gasteiger partial charge on any atom is -0.493 e. The predicted molar refractivity (Wildman–Crippen MR) is 169 cm³/mol. The second kappa shape index (κ2) is 16.0. The number of benzene rings is 1. The van der Waals surface area contributed by atoms with Crippen LogP contribution in [0.5, 0.6) is 17.2 Å². The van der Waals surface area contributed by atoms with Crippen molar-refractivity contribution in [3.05, 3.63) is 45.6 Å². The van der Waals surface area contributed by atoms with Gasteiger partial charge in [0.2, 0.25) is 23.0 Å². The van der Waals surface area contributed by atoms with Crippen molar-refractivity contribution in [2.75, 3.05) is 33.2 Å². The molecule has 3 rings (SSSR count). The number of aryl methyl sites for hydroxylation is 1. The molecule has 4 N–H and O–H groups in total. The molecule has 0 aromatic heterocycles. The van der Waals surface area contributed by atoms with E-state index in [4.69, 9.17) is 19.3 Å². The third-order valence-corrected chi connectivity index (χ3v) is 7.64. The zero-order valence-electron chi connectivity index (χ0n) is 26.5. The van der Waals surface area contributed by atoms with E-state index in [-0.39, 0.29) is 35.3 Å². The standard InChI is InChI=1S/C33H45N3O8/c1-19(2)16-26(33(41)34-15-9-7-8-10-29(39)40)36-25-14-12-22-23(18-27(25)38)24(35-20(3)37)13-11-21-17-28(42-4)31(43-5)32(44-6)30(21)22/h12,14,17-19,24,26H,7-11,13,15-16H2,1-6H3,(H,34,41)(H,35,37)(H,36,38)(H,39,40)/t24-,26-/m1/s1. The van der Waals surface area contributed by atoms with Crippen molar-refractivity contribution >= 4 is 23.5 Å². The maximum atomic E-state index is 13.7. The molecule has 0 saturated carbocycles. The van der Waals surface area contributed by atoms with Crippen LogP contribution >= 0.6 is 0 Å². The van der Waals surface area contributed by atoms with Gasteiger partial charge in [-0.15, -0.1) is 0 Å². The molecule has 1 aliphatic rings. The van der Waals surface area contributed by atoms with Gasteiger partial charge in [-0.3, -0.25) is 19.2 Å². The van der Waals surface area contributed by atoms with E-state index in [1.807, 2.05) is 26.0 Å². The Labute approximate surface area is 258 Å². The Bertz CT molecular complexity index is 1410. The van der Waals surface area contributed by atoms with E-state index >= 15 is 0 Å². The van der Waals surface area contributed by atoms with Gasteiger partial charge in [0.15, 0.2) is 11.5 Å². The van der Waals surface area contributed by atoms with Gasteiger partial charge in [0.05, 0.1) is 33.1 Å². The zero-order valence-corrected chi connectivity index (χ0v) is 26.5. The number of amides is 2. The summed E-state index contributed by atoms with van der Waals surface area (Å²) >= 11 is 0. The highest BCUT2D eigenvalue weighted by molar-refractivity contribution is 5.86. The molecule has 0 heterocycles. The molecule has 0 fully saturated rings. The van der Waals surface area contributed by atoms with Crippen molar-refractivity contribution in [3.63, 3.8) is 0 Å². The molecule has 0 unspecified atom stereocenters. The smallest absolute Gasteiger partial charge is 0.303 e. The van der Waals surface area contributed by atoms with Crippen molar-refractivity contribution in [1.29, 1.82) is 0 Å². The van der Waals surface area contributed by atoms with Gasteiger partial charge in [-0.2, -0.15) is 0 Å². The largest absolute Gasteiger partial charge is 0.493 e. The molecule has 11 nitrogen and oxygen atoms in total. The number of fused-ring (bicyclic) bond motifs is 3. The average Bonchev–Trinajstić information content (AvgIpc) is 3.21. The van der Waals surface area contributed by atoms with Crippen LogP contribution in [-0.2, 0) is 20.8 Å². The van der Waals surface area contributed by atoms with Crippen molar-refractivity contribution in [1.82, 2.24) is 10.6 Å². The molecule has 0 saturated heterocycles. The predicted octanol–water partition coefficient (Wildman–Crippen LogP) is 4.45. The van der Waals surface area contributed by atoms with Crippen molar-refractivity contribution < 1.29 is 33.7 Å². The van der Waals surface area contributed by atoms with E-state index in [0.717, 1.165) is 11.1 Å². The van der Waals surface area contributed by atoms with Crippen LogP contribution in [0, 0.1) is 5.92 Å². The van der Waals surface area contributed by atoms with Gasteiger partial charge < -0.3 is 35.3 Å². The summed E-state index contributed by atoms with van der Waals surface area (Å²) in [7, 11) is 4.63. The molecule has 240 valence electrons. The van der Waals surface area contributed by atoms with Crippen molar-refractivity contribution in [3.8, 4) is 28.4 Å². The second-order valence-corrected chi connectivity index (χ2v) is 11.4. The number of carboxylic acids is 1. The number of unbranched alkanes of at least 4 members (excludes halogenated alkanes) is 2. The number of hydrogen-bond donors (Lipinski definition) is 4. The zero-order chi connectivity index (χ0) is 32.4. The van der Waals surface area contributed by atoms with Gasteiger partial charge in [0, 0.05) is 25.5 Å². The quantitative estimate of drug-likeness (QED) is 0.214. The number of methoxy groups -OCH3 is 3. The van der Waals surface area contributed by atoms with Gasteiger partial charge in [-0.05, 0) is 72.9 Å². The number of carboxylic acid groups (broad SMARTS) is 1. The SMILES string of the molecule is COc1cc2c(c(OC)c1OC)-c1ccc(N[C@H](CC(C)C)C(=O)NCCCCCC(=O)O)c(=O)cc1[C@H](NC(C)=O)CC2. The Morgan fingerprint density at radius 1 is 1.00 bits per heavy atom. The fourth-order valence-electron chi connectivity index (χ4n) is 5.63. The van der Waals surface area contributed by atoms with Crippen molar-refractivity contribution in [2.45, 2.75) is 77.8 Å². The third-order valence-electron chi connectivity index (χ3n) is 7.64. The monoisotopic (exact) mass is 611 g/mol. The summed E-state index contributed by atoms with van der Waals surface area (Å²) in [5.74, 6) is 0.273. The molecule has 11 heteroatoms. The van der Waals surface area contributed by atoms with Crippen LogP contribution in [0.15, 0.2) is 29.1 Å². The fraction of sp³-hybridized carbons (Fsp3) is 0.515. The maximum absolute atomic E-state index is 13.7. The number of anilines is 1. The topological polar surface area (TPSA) is 152 Å². The Morgan fingerprint density at radius 2 is 1.73 bits per heavy atom. The normalized spacial score (nSPS) is 14.4. The van der Waals surface area contributed by atoms with Crippen LogP contribution < -0.4 is 35.6 Å². The summed E-state index contributed by atoms with van der Waals surface area (Å²) in [5, 5.41) is 17.9. The van der Waals surface area contributed by atoms with Gasteiger partial charge in [0.1, 0.15) is 6.04 Å². The molecule has 2 aromatic rings. The number of aliphatic carboxylic acids is 1. The Morgan fingerprint density at radius 3 is 2.34 bits per heavy atom. The Kier molecular flexibility index (Phi) is 12.4. The van der Waals surface area contributed by atoms with Crippen LogP contribution in [0.3, 0.4) is 0 Å². The van der Waals surface area contributed by atoms with E-state index < -0.39 is 18.1 Å². The van der Waals surface area contributed by atoms with Crippen LogP contribution in [0.4, 0.5) is 5.69 Å². The summed E-state index contributed by atoms with van der Waals surface area (Å²) in [6, 6.07) is 5.80.